The molecule has 1 aromatic heterocycles. The topological polar surface area (TPSA) is 106 Å². The van der Waals surface area contributed by atoms with Crippen molar-refractivity contribution in [3.63, 3.8) is 0 Å². The number of aromatic nitrogens is 2. The van der Waals surface area contributed by atoms with Crippen LogP contribution in [0.4, 0.5) is 27.9 Å². The van der Waals surface area contributed by atoms with E-state index in [1.165, 1.54) is 0 Å². The number of amides is 2. The Morgan fingerprint density at radius 1 is 1.19 bits per heavy atom. The molecule has 0 spiro atoms. The quantitative estimate of drug-likeness (QED) is 0.250. The highest BCUT2D eigenvalue weighted by Gasteiger charge is 2.17. The molecule has 1 aromatic carbocycles. The average Bonchev–Trinajstić information content (AvgIpc) is 3.31. The number of nitrogens with one attached hydrogen (secondary N) is 5. The van der Waals surface area contributed by atoms with Crippen molar-refractivity contribution >= 4 is 62.4 Å². The molecule has 0 saturated carbocycles. The van der Waals surface area contributed by atoms with Gasteiger partial charge in [-0.15, -0.1) is 0 Å². The van der Waals surface area contributed by atoms with E-state index in [0.29, 0.717) is 16.9 Å². The largest absolute Gasteiger partial charge is 0.369 e. The highest BCUT2D eigenvalue weighted by molar-refractivity contribution is 9.10. The second-order valence-electron chi connectivity index (χ2n) is 7.29. The Balaban J connectivity index is 1.52. The van der Waals surface area contributed by atoms with Gasteiger partial charge in [0.05, 0.1) is 4.47 Å². The molecular formula is C21H29BrN8OS. The summed E-state index contributed by atoms with van der Waals surface area (Å²) in [7, 11) is 0. The lowest BCUT2D eigenvalue weighted by atomic mass is 10.3. The zero-order chi connectivity index (χ0) is 22.8. The molecule has 2 amide bonds. The van der Waals surface area contributed by atoms with Gasteiger partial charge in [-0.3, -0.25) is 0 Å². The number of benzene rings is 1. The molecular weight excluding hydrogens is 492 g/mol. The van der Waals surface area contributed by atoms with Crippen LogP contribution < -0.4 is 26.6 Å². The van der Waals surface area contributed by atoms with Crippen LogP contribution in [0.3, 0.4) is 0 Å². The van der Waals surface area contributed by atoms with E-state index in [1.807, 2.05) is 36.1 Å². The lowest BCUT2D eigenvalue weighted by Gasteiger charge is -2.16. The molecule has 172 valence electrons. The summed E-state index contributed by atoms with van der Waals surface area (Å²) in [6.45, 7) is 5.93. The van der Waals surface area contributed by atoms with E-state index in [9.17, 15) is 4.79 Å². The number of nitrogens with zero attached hydrogens (tertiary/aromatic N) is 3. The summed E-state index contributed by atoms with van der Waals surface area (Å²) < 4.78 is 0.783. The number of hydrogen-bond donors (Lipinski definition) is 5. The maximum Gasteiger partial charge on any atom is 0.321 e. The lowest BCUT2D eigenvalue weighted by Crippen LogP contribution is -2.35. The molecule has 1 saturated heterocycles. The monoisotopic (exact) mass is 520 g/mol. The summed E-state index contributed by atoms with van der Waals surface area (Å²) in [4.78, 5) is 23.0. The van der Waals surface area contributed by atoms with Crippen molar-refractivity contribution in [1.29, 1.82) is 0 Å². The van der Waals surface area contributed by atoms with Gasteiger partial charge in [0, 0.05) is 50.3 Å². The van der Waals surface area contributed by atoms with Crippen LogP contribution in [-0.4, -0.2) is 58.7 Å². The predicted molar refractivity (Wildman–Crippen MR) is 137 cm³/mol. The third kappa shape index (κ3) is 7.49. The third-order valence-corrected chi connectivity index (χ3v) is 5.65. The van der Waals surface area contributed by atoms with Crippen molar-refractivity contribution in [3.05, 3.63) is 34.9 Å². The molecule has 5 N–H and O–H groups in total. The Morgan fingerprint density at radius 2 is 1.97 bits per heavy atom. The number of carbonyl (C=O) groups is 1. The molecule has 0 bridgehead atoms. The van der Waals surface area contributed by atoms with Crippen LogP contribution in [0.2, 0.25) is 0 Å². The molecule has 1 aliphatic heterocycles. The number of thiocarbonyl (C=S) groups is 1. The van der Waals surface area contributed by atoms with Crippen LogP contribution in [-0.2, 0) is 0 Å². The van der Waals surface area contributed by atoms with Crippen LogP contribution in [0.25, 0.3) is 0 Å². The van der Waals surface area contributed by atoms with E-state index in [0.717, 1.165) is 67.8 Å². The van der Waals surface area contributed by atoms with Crippen molar-refractivity contribution in [2.45, 2.75) is 26.2 Å². The van der Waals surface area contributed by atoms with Gasteiger partial charge in [0.25, 0.3) is 0 Å². The molecule has 3 rings (SSSR count). The molecule has 11 heteroatoms. The van der Waals surface area contributed by atoms with Crippen LogP contribution in [0, 0.1) is 0 Å². The zero-order valence-electron chi connectivity index (χ0n) is 18.1. The smallest absolute Gasteiger partial charge is 0.321 e. The molecule has 1 aliphatic rings. The highest BCUT2D eigenvalue weighted by atomic mass is 79.9. The Morgan fingerprint density at radius 3 is 2.75 bits per heavy atom. The van der Waals surface area contributed by atoms with Gasteiger partial charge in [0.2, 0.25) is 5.95 Å². The summed E-state index contributed by atoms with van der Waals surface area (Å²) in [6, 6.07) is 7.45. The molecule has 0 unspecified atom stereocenters. The normalized spacial score (nSPS) is 12.9. The fraction of sp³-hybridized carbons (Fsp3) is 0.429. The van der Waals surface area contributed by atoms with Crippen molar-refractivity contribution in [1.82, 2.24) is 25.5 Å². The van der Waals surface area contributed by atoms with Gasteiger partial charge in [-0.1, -0.05) is 6.07 Å². The van der Waals surface area contributed by atoms with Gasteiger partial charge < -0.3 is 31.5 Å². The second kappa shape index (κ2) is 12.4. The van der Waals surface area contributed by atoms with Crippen LogP contribution in [0.1, 0.15) is 26.2 Å². The van der Waals surface area contributed by atoms with E-state index in [1.54, 1.807) is 6.20 Å². The third-order valence-electron chi connectivity index (χ3n) is 4.78. The second-order valence-corrected chi connectivity index (χ2v) is 8.55. The van der Waals surface area contributed by atoms with Crippen molar-refractivity contribution in [2.75, 3.05) is 48.7 Å². The maximum absolute atomic E-state index is 12.3. The Hall–Kier alpha value is -2.66. The Bertz CT molecular complexity index is 922. The average molecular weight is 521 g/mol. The first kappa shape index (κ1) is 24.0. The van der Waals surface area contributed by atoms with E-state index >= 15 is 0 Å². The fourth-order valence-electron chi connectivity index (χ4n) is 3.20. The summed E-state index contributed by atoms with van der Waals surface area (Å²) in [5.41, 5.74) is 1.52. The Kier molecular flexibility index (Phi) is 9.29. The zero-order valence-corrected chi connectivity index (χ0v) is 20.5. The first-order valence-electron chi connectivity index (χ1n) is 10.8. The van der Waals surface area contributed by atoms with Crippen LogP contribution >= 0.6 is 28.1 Å². The summed E-state index contributed by atoms with van der Waals surface area (Å²) >= 11 is 8.64. The minimum absolute atomic E-state index is 0.0632. The minimum Gasteiger partial charge on any atom is -0.369 e. The maximum atomic E-state index is 12.3. The van der Waals surface area contributed by atoms with E-state index in [4.69, 9.17) is 12.2 Å². The van der Waals surface area contributed by atoms with Crippen molar-refractivity contribution in [3.8, 4) is 0 Å². The van der Waals surface area contributed by atoms with Gasteiger partial charge in [-0.05, 0) is 72.5 Å². The summed E-state index contributed by atoms with van der Waals surface area (Å²) in [5.74, 6) is 1.17. The molecule has 0 atom stereocenters. The molecule has 0 aliphatic carbocycles. The molecule has 32 heavy (non-hydrogen) atoms. The Labute approximate surface area is 202 Å². The highest BCUT2D eigenvalue weighted by Crippen LogP contribution is 2.23. The fourth-order valence-corrected chi connectivity index (χ4v) is 3.78. The molecule has 2 heterocycles. The van der Waals surface area contributed by atoms with Gasteiger partial charge in [-0.25, -0.2) is 9.78 Å². The molecule has 2 aromatic rings. The standard InChI is InChI=1S/C21H29BrN8OS/c1-2-23-20(32)25-10-6-9-24-18-17(22)14-26-19(29-18)27-15-7-5-8-16(13-15)28-21(31)30-11-3-4-12-30/h5,7-8,13-14H,2-4,6,9-12H2,1H3,(H,28,31)(H2,23,25,32)(H2,24,26,27,29). The van der Waals surface area contributed by atoms with E-state index in [-0.39, 0.29) is 6.03 Å². The van der Waals surface area contributed by atoms with Gasteiger partial charge in [0.1, 0.15) is 5.82 Å². The molecule has 1 fully saturated rings. The minimum atomic E-state index is -0.0632. The molecule has 9 nitrogen and oxygen atoms in total. The number of rotatable bonds is 9. The number of urea groups is 1. The van der Waals surface area contributed by atoms with Gasteiger partial charge in [-0.2, -0.15) is 4.98 Å². The SMILES string of the molecule is CCNC(=S)NCCCNc1nc(Nc2cccc(NC(=O)N3CCCC3)c2)ncc1Br. The lowest BCUT2D eigenvalue weighted by molar-refractivity contribution is 0.222. The molecule has 0 radical (unpaired) electrons. The van der Waals surface area contributed by atoms with Crippen molar-refractivity contribution < 1.29 is 4.79 Å². The van der Waals surface area contributed by atoms with E-state index in [2.05, 4.69) is 52.5 Å². The van der Waals surface area contributed by atoms with E-state index < -0.39 is 0 Å². The van der Waals surface area contributed by atoms with Crippen molar-refractivity contribution in [2.24, 2.45) is 0 Å². The summed E-state index contributed by atoms with van der Waals surface area (Å²) in [6.07, 6.45) is 4.71. The van der Waals surface area contributed by atoms with Gasteiger partial charge in [0.15, 0.2) is 5.11 Å². The number of anilines is 4. The number of hydrogen-bond acceptors (Lipinski definition) is 6. The first-order valence-corrected chi connectivity index (χ1v) is 12.0. The first-order chi connectivity index (χ1) is 15.5. The number of halogens is 1. The number of carbonyl (C=O) groups excluding carboxylic acids is 1. The summed E-state index contributed by atoms with van der Waals surface area (Å²) in [5, 5.41) is 16.3. The van der Waals surface area contributed by atoms with Crippen LogP contribution in [0.15, 0.2) is 34.9 Å². The predicted octanol–water partition coefficient (Wildman–Crippen LogP) is 3.90. The number of likely N-dealkylation sites (tertiary alicyclic amines) is 1. The van der Waals surface area contributed by atoms with Gasteiger partial charge >= 0.3 is 6.03 Å². The van der Waals surface area contributed by atoms with Crippen LogP contribution in [0.5, 0.6) is 0 Å².